The van der Waals surface area contributed by atoms with E-state index in [-0.39, 0.29) is 6.04 Å². The van der Waals surface area contributed by atoms with Gasteiger partial charge in [-0.05, 0) is 13.3 Å². The highest BCUT2D eigenvalue weighted by Gasteiger charge is 2.21. The van der Waals surface area contributed by atoms with E-state index in [0.29, 0.717) is 11.0 Å². The molecule has 6 nitrogen and oxygen atoms in total. The molecule has 2 aromatic heterocycles. The van der Waals surface area contributed by atoms with Crippen molar-refractivity contribution in [1.82, 2.24) is 24.7 Å². The van der Waals surface area contributed by atoms with E-state index < -0.39 is 0 Å². The number of hydrogen-bond donors (Lipinski definition) is 1. The average Bonchev–Trinajstić information content (AvgIpc) is 2.93. The molecule has 1 aliphatic rings. The summed E-state index contributed by atoms with van der Waals surface area (Å²) in [6.07, 6.45) is 5.29. The Morgan fingerprint density at radius 1 is 1.33 bits per heavy atom. The SMILES string of the molecule is CC(Nc1ncc(Cl)cn1)c1nnc2n1CCC2. The van der Waals surface area contributed by atoms with Crippen LogP contribution in [0.5, 0.6) is 0 Å². The number of rotatable bonds is 3. The van der Waals surface area contributed by atoms with Gasteiger partial charge in [0.2, 0.25) is 5.95 Å². The summed E-state index contributed by atoms with van der Waals surface area (Å²) in [6, 6.07) is 0.0190. The van der Waals surface area contributed by atoms with E-state index in [1.165, 1.54) is 0 Å². The molecule has 0 saturated carbocycles. The van der Waals surface area contributed by atoms with Crippen molar-refractivity contribution in [2.45, 2.75) is 32.4 Å². The van der Waals surface area contributed by atoms with Crippen LogP contribution in [0.25, 0.3) is 0 Å². The van der Waals surface area contributed by atoms with Crippen LogP contribution in [0.15, 0.2) is 12.4 Å². The van der Waals surface area contributed by atoms with E-state index in [9.17, 15) is 0 Å². The summed E-state index contributed by atoms with van der Waals surface area (Å²) in [4.78, 5) is 8.22. The van der Waals surface area contributed by atoms with Crippen molar-refractivity contribution in [2.75, 3.05) is 5.32 Å². The Bertz CT molecular complexity index is 549. The van der Waals surface area contributed by atoms with Gasteiger partial charge in [0.1, 0.15) is 5.82 Å². The highest BCUT2D eigenvalue weighted by molar-refractivity contribution is 6.30. The van der Waals surface area contributed by atoms with E-state index in [1.807, 2.05) is 6.92 Å². The van der Waals surface area contributed by atoms with Crippen LogP contribution in [-0.2, 0) is 13.0 Å². The molecule has 2 aromatic rings. The zero-order valence-electron chi connectivity index (χ0n) is 9.97. The van der Waals surface area contributed by atoms with E-state index in [0.717, 1.165) is 31.0 Å². The molecule has 0 saturated heterocycles. The average molecular weight is 265 g/mol. The normalized spacial score (nSPS) is 15.4. The minimum Gasteiger partial charge on any atom is -0.344 e. The van der Waals surface area contributed by atoms with Crippen LogP contribution in [0.3, 0.4) is 0 Å². The van der Waals surface area contributed by atoms with Crippen molar-refractivity contribution in [3.8, 4) is 0 Å². The maximum atomic E-state index is 5.75. The summed E-state index contributed by atoms with van der Waals surface area (Å²) in [5, 5.41) is 12.1. The molecule has 0 radical (unpaired) electrons. The van der Waals surface area contributed by atoms with Crippen molar-refractivity contribution < 1.29 is 0 Å². The van der Waals surface area contributed by atoms with Gasteiger partial charge in [-0.25, -0.2) is 9.97 Å². The summed E-state index contributed by atoms with van der Waals surface area (Å²) in [7, 11) is 0. The summed E-state index contributed by atoms with van der Waals surface area (Å²) in [6.45, 7) is 3.01. The number of anilines is 1. The molecule has 3 rings (SSSR count). The van der Waals surface area contributed by atoms with Gasteiger partial charge in [0.25, 0.3) is 0 Å². The van der Waals surface area contributed by atoms with Crippen LogP contribution in [0, 0.1) is 0 Å². The molecule has 0 aliphatic carbocycles. The largest absolute Gasteiger partial charge is 0.344 e. The van der Waals surface area contributed by atoms with Gasteiger partial charge < -0.3 is 9.88 Å². The van der Waals surface area contributed by atoms with Gasteiger partial charge in [-0.1, -0.05) is 11.6 Å². The van der Waals surface area contributed by atoms with Crippen LogP contribution in [-0.4, -0.2) is 24.7 Å². The van der Waals surface area contributed by atoms with Crippen molar-refractivity contribution in [3.05, 3.63) is 29.1 Å². The van der Waals surface area contributed by atoms with Crippen molar-refractivity contribution in [1.29, 1.82) is 0 Å². The Balaban J connectivity index is 1.78. The summed E-state index contributed by atoms with van der Waals surface area (Å²) in [5.41, 5.74) is 0. The monoisotopic (exact) mass is 264 g/mol. The lowest BCUT2D eigenvalue weighted by molar-refractivity contribution is 0.649. The Morgan fingerprint density at radius 2 is 2.11 bits per heavy atom. The number of nitrogens with zero attached hydrogens (tertiary/aromatic N) is 5. The third-order valence-electron chi connectivity index (χ3n) is 2.99. The molecule has 0 fully saturated rings. The number of aryl methyl sites for hydroxylation is 1. The molecule has 0 amide bonds. The van der Waals surface area contributed by atoms with Gasteiger partial charge in [-0.2, -0.15) is 0 Å². The Morgan fingerprint density at radius 3 is 2.89 bits per heavy atom. The van der Waals surface area contributed by atoms with Crippen LogP contribution in [0.1, 0.15) is 31.0 Å². The topological polar surface area (TPSA) is 68.5 Å². The first-order valence-corrected chi connectivity index (χ1v) is 6.28. The number of halogens is 1. The van der Waals surface area contributed by atoms with Crippen molar-refractivity contribution in [2.24, 2.45) is 0 Å². The van der Waals surface area contributed by atoms with E-state index in [2.05, 4.69) is 30.0 Å². The Hall–Kier alpha value is -1.69. The van der Waals surface area contributed by atoms with E-state index >= 15 is 0 Å². The fourth-order valence-corrected chi connectivity index (χ4v) is 2.24. The molecular formula is C11H13ClN6. The summed E-state index contributed by atoms with van der Waals surface area (Å²) < 4.78 is 2.16. The van der Waals surface area contributed by atoms with Gasteiger partial charge in [-0.3, -0.25) is 0 Å². The second kappa shape index (κ2) is 4.53. The predicted octanol–water partition coefficient (Wildman–Crippen LogP) is 1.84. The van der Waals surface area contributed by atoms with Gasteiger partial charge in [0.05, 0.1) is 23.5 Å². The molecule has 94 valence electrons. The molecule has 3 heterocycles. The maximum Gasteiger partial charge on any atom is 0.223 e. The third kappa shape index (κ3) is 2.03. The molecule has 0 bridgehead atoms. The number of hydrogen-bond acceptors (Lipinski definition) is 5. The first-order valence-electron chi connectivity index (χ1n) is 5.90. The summed E-state index contributed by atoms with van der Waals surface area (Å²) >= 11 is 5.75. The molecule has 18 heavy (non-hydrogen) atoms. The fraction of sp³-hybridized carbons (Fsp3) is 0.455. The second-order valence-corrected chi connectivity index (χ2v) is 4.76. The zero-order chi connectivity index (χ0) is 12.5. The maximum absolute atomic E-state index is 5.75. The standard InChI is InChI=1S/C11H13ClN6/c1-7(15-11-13-5-8(12)6-14-11)10-17-16-9-3-2-4-18(9)10/h5-7H,2-4H2,1H3,(H,13,14,15). The predicted molar refractivity (Wildman–Crippen MR) is 67.4 cm³/mol. The van der Waals surface area contributed by atoms with Gasteiger partial charge in [0, 0.05) is 13.0 Å². The number of nitrogens with one attached hydrogen (secondary N) is 1. The van der Waals surface area contributed by atoms with Crippen LogP contribution >= 0.6 is 11.6 Å². The molecule has 1 atom stereocenters. The minimum absolute atomic E-state index is 0.0190. The molecule has 0 aromatic carbocycles. The Labute approximate surface area is 109 Å². The molecule has 0 spiro atoms. The fourth-order valence-electron chi connectivity index (χ4n) is 2.14. The highest BCUT2D eigenvalue weighted by atomic mass is 35.5. The van der Waals surface area contributed by atoms with Crippen LogP contribution in [0.4, 0.5) is 5.95 Å². The zero-order valence-corrected chi connectivity index (χ0v) is 10.7. The van der Waals surface area contributed by atoms with Gasteiger partial charge >= 0.3 is 0 Å². The van der Waals surface area contributed by atoms with Crippen molar-refractivity contribution in [3.63, 3.8) is 0 Å². The smallest absolute Gasteiger partial charge is 0.223 e. The van der Waals surface area contributed by atoms with Crippen LogP contribution < -0.4 is 5.32 Å². The number of aromatic nitrogens is 5. The molecule has 1 N–H and O–H groups in total. The minimum atomic E-state index is 0.0190. The van der Waals surface area contributed by atoms with Crippen molar-refractivity contribution >= 4 is 17.5 Å². The number of fused-ring (bicyclic) bond motifs is 1. The third-order valence-corrected chi connectivity index (χ3v) is 3.19. The quantitative estimate of drug-likeness (QED) is 0.916. The Kier molecular flexibility index (Phi) is 2.87. The molecule has 1 aliphatic heterocycles. The highest BCUT2D eigenvalue weighted by Crippen LogP contribution is 2.21. The first kappa shape index (κ1) is 11.4. The van der Waals surface area contributed by atoms with Crippen LogP contribution in [0.2, 0.25) is 5.02 Å². The first-order chi connectivity index (χ1) is 8.74. The van der Waals surface area contributed by atoms with E-state index in [1.54, 1.807) is 12.4 Å². The van der Waals surface area contributed by atoms with Gasteiger partial charge in [0.15, 0.2) is 5.82 Å². The lowest BCUT2D eigenvalue weighted by Gasteiger charge is -2.13. The second-order valence-electron chi connectivity index (χ2n) is 4.32. The van der Waals surface area contributed by atoms with Gasteiger partial charge in [-0.15, -0.1) is 10.2 Å². The lowest BCUT2D eigenvalue weighted by Crippen LogP contribution is -2.14. The van der Waals surface area contributed by atoms with E-state index in [4.69, 9.17) is 11.6 Å². The molecule has 7 heteroatoms. The molecular weight excluding hydrogens is 252 g/mol. The lowest BCUT2D eigenvalue weighted by atomic mass is 10.3. The summed E-state index contributed by atoms with van der Waals surface area (Å²) in [5.74, 6) is 2.54. The molecule has 1 unspecified atom stereocenters.